The molecule has 0 unspecified atom stereocenters. The van der Waals surface area contributed by atoms with Crippen LogP contribution in [0.4, 0.5) is 15.1 Å². The summed E-state index contributed by atoms with van der Waals surface area (Å²) >= 11 is 0. The molecule has 1 atom stereocenters. The molecule has 0 radical (unpaired) electrons. The number of rotatable bonds is 8. The maximum absolute atomic E-state index is 14.7. The van der Waals surface area contributed by atoms with Gasteiger partial charge in [0.15, 0.2) is 6.04 Å². The number of hydrogen-bond donors (Lipinski definition) is 2. The van der Waals surface area contributed by atoms with Crippen molar-refractivity contribution in [2.24, 2.45) is 0 Å². The predicted molar refractivity (Wildman–Crippen MR) is 178 cm³/mol. The summed E-state index contributed by atoms with van der Waals surface area (Å²) in [5, 5.41) is 2.97. The van der Waals surface area contributed by atoms with Gasteiger partial charge in [-0.05, 0) is 93.6 Å². The molecule has 2 heterocycles. The molecule has 4 aromatic rings. The second kappa shape index (κ2) is 13.6. The first-order valence-corrected chi connectivity index (χ1v) is 15.6. The fourth-order valence-corrected chi connectivity index (χ4v) is 5.25. The summed E-state index contributed by atoms with van der Waals surface area (Å²) in [7, 11) is 0. The van der Waals surface area contributed by atoms with E-state index in [2.05, 4.69) is 15.3 Å². The van der Waals surface area contributed by atoms with Crippen LogP contribution in [0.25, 0.3) is 22.0 Å². The minimum atomic E-state index is -1.17. The Labute approximate surface area is 278 Å². The van der Waals surface area contributed by atoms with E-state index >= 15 is 0 Å². The Morgan fingerprint density at radius 2 is 1.62 bits per heavy atom. The second-order valence-corrected chi connectivity index (χ2v) is 13.6. The molecule has 0 saturated heterocycles. The third kappa shape index (κ3) is 8.43. The Morgan fingerprint density at radius 1 is 0.938 bits per heavy atom. The lowest BCUT2D eigenvalue weighted by Gasteiger charge is -2.26. The van der Waals surface area contributed by atoms with Gasteiger partial charge in [-0.2, -0.15) is 0 Å². The Morgan fingerprint density at radius 3 is 2.27 bits per heavy atom. The number of fused-ring (bicyclic) bond motifs is 2. The summed E-state index contributed by atoms with van der Waals surface area (Å²) in [6.45, 7) is 11.0. The summed E-state index contributed by atoms with van der Waals surface area (Å²) in [5.41, 5.74) is 8.77. The quantitative estimate of drug-likeness (QED) is 0.220. The normalized spacial score (nSPS) is 13.6. The zero-order valence-electron chi connectivity index (χ0n) is 27.9. The van der Waals surface area contributed by atoms with Crippen LogP contribution in [0.1, 0.15) is 68.7 Å². The van der Waals surface area contributed by atoms with E-state index in [1.807, 2.05) is 45.0 Å². The van der Waals surface area contributed by atoms with E-state index in [9.17, 15) is 18.8 Å². The number of ether oxygens (including phenoxy) is 3. The van der Waals surface area contributed by atoms with Crippen molar-refractivity contribution in [3.63, 3.8) is 0 Å². The molecule has 0 fully saturated rings. The van der Waals surface area contributed by atoms with Crippen molar-refractivity contribution in [2.75, 3.05) is 12.3 Å². The Balaban J connectivity index is 1.41. The Hall–Kier alpha value is -5.10. The molecule has 5 rings (SSSR count). The number of carbonyl (C=O) groups excluding carboxylic acids is 3. The minimum Gasteiger partial charge on any atom is -0.459 e. The predicted octanol–water partition coefficient (Wildman–Crippen LogP) is 5.93. The van der Waals surface area contributed by atoms with E-state index in [1.165, 1.54) is 18.2 Å². The highest BCUT2D eigenvalue weighted by Crippen LogP contribution is 2.31. The smallest absolute Gasteiger partial charge is 0.408 e. The fourth-order valence-electron chi connectivity index (χ4n) is 5.25. The van der Waals surface area contributed by atoms with Crippen LogP contribution in [-0.4, -0.2) is 56.7 Å². The average Bonchev–Trinajstić information content (AvgIpc) is 3.44. The molecule has 3 N–H and O–H groups in total. The second-order valence-electron chi connectivity index (χ2n) is 13.6. The molecule has 0 bridgehead atoms. The van der Waals surface area contributed by atoms with Gasteiger partial charge in [0.2, 0.25) is 5.95 Å². The van der Waals surface area contributed by atoms with Gasteiger partial charge in [-0.25, -0.2) is 23.9 Å². The first kappa shape index (κ1) is 34.2. The van der Waals surface area contributed by atoms with Gasteiger partial charge in [0, 0.05) is 18.5 Å². The molecule has 48 heavy (non-hydrogen) atoms. The molecular weight excluding hydrogens is 617 g/mol. The molecule has 252 valence electrons. The van der Waals surface area contributed by atoms with Crippen LogP contribution in [0, 0.1) is 5.82 Å². The van der Waals surface area contributed by atoms with Crippen LogP contribution < -0.4 is 11.1 Å². The molecule has 1 aliphatic heterocycles. The van der Waals surface area contributed by atoms with Crippen LogP contribution in [0.3, 0.4) is 0 Å². The van der Waals surface area contributed by atoms with E-state index in [4.69, 9.17) is 19.9 Å². The first-order chi connectivity index (χ1) is 22.6. The zero-order valence-corrected chi connectivity index (χ0v) is 27.9. The maximum atomic E-state index is 14.7. The van der Waals surface area contributed by atoms with Crippen molar-refractivity contribution in [1.82, 2.24) is 20.2 Å². The van der Waals surface area contributed by atoms with Crippen molar-refractivity contribution in [3.05, 3.63) is 88.9 Å². The van der Waals surface area contributed by atoms with E-state index < -0.39 is 35.1 Å². The van der Waals surface area contributed by atoms with Crippen molar-refractivity contribution < 1.29 is 33.0 Å². The number of nitrogens with one attached hydrogen (secondary N) is 1. The van der Waals surface area contributed by atoms with Gasteiger partial charge in [-0.1, -0.05) is 36.4 Å². The van der Waals surface area contributed by atoms with Crippen molar-refractivity contribution >= 4 is 34.8 Å². The van der Waals surface area contributed by atoms with Crippen molar-refractivity contribution in [1.29, 1.82) is 0 Å². The lowest BCUT2D eigenvalue weighted by molar-refractivity contribution is -0.150. The number of hydrogen-bond acceptors (Lipinski definition) is 9. The standard InChI is InChI=1S/C36H40FN5O6/c1-35(2,3)47-20-29(40-34(45)48-36(4,5)6)32(44)46-19-24-11-13-25(37)16-26(24)21-12-14-28-27(15-21)30(41-33(38)39-28)31(43)42-17-22-9-7-8-10-23(22)18-42/h7-16,29H,17-20H2,1-6H3,(H,40,45)(H2,38,39,41)/t29-/m1/s1. The molecule has 0 saturated carbocycles. The number of anilines is 1. The topological polar surface area (TPSA) is 146 Å². The molecule has 1 aliphatic rings. The number of nitrogens with zero attached hydrogens (tertiary/aromatic N) is 3. The number of nitrogen functional groups attached to an aromatic ring is 1. The molecule has 1 aromatic heterocycles. The van der Waals surface area contributed by atoms with Gasteiger partial charge in [-0.3, -0.25) is 4.79 Å². The molecule has 12 heteroatoms. The number of esters is 1. The van der Waals surface area contributed by atoms with Gasteiger partial charge in [0.1, 0.15) is 23.7 Å². The summed E-state index contributed by atoms with van der Waals surface area (Å²) in [4.78, 5) is 49.9. The van der Waals surface area contributed by atoms with E-state index in [1.54, 1.807) is 43.9 Å². The van der Waals surface area contributed by atoms with Crippen LogP contribution in [0.2, 0.25) is 0 Å². The summed E-state index contributed by atoms with van der Waals surface area (Å²) in [5.74, 6) is -1.62. The summed E-state index contributed by atoms with van der Waals surface area (Å²) < 4.78 is 31.4. The van der Waals surface area contributed by atoms with Gasteiger partial charge < -0.3 is 30.2 Å². The van der Waals surface area contributed by atoms with E-state index in [-0.39, 0.29) is 30.8 Å². The maximum Gasteiger partial charge on any atom is 0.408 e. The lowest BCUT2D eigenvalue weighted by atomic mass is 9.97. The summed E-state index contributed by atoms with van der Waals surface area (Å²) in [6.07, 6.45) is -0.799. The summed E-state index contributed by atoms with van der Waals surface area (Å²) in [6, 6.07) is 15.9. The van der Waals surface area contributed by atoms with Crippen molar-refractivity contribution in [2.45, 2.75) is 78.5 Å². The van der Waals surface area contributed by atoms with Gasteiger partial charge >= 0.3 is 12.1 Å². The van der Waals surface area contributed by atoms with E-state index in [0.717, 1.165) is 11.1 Å². The van der Waals surface area contributed by atoms with E-state index in [0.29, 0.717) is 40.7 Å². The number of halogens is 1. The number of aromatic nitrogens is 2. The monoisotopic (exact) mass is 657 g/mol. The molecule has 3 aromatic carbocycles. The highest BCUT2D eigenvalue weighted by molar-refractivity contribution is 6.06. The van der Waals surface area contributed by atoms with Gasteiger partial charge in [0.25, 0.3) is 5.91 Å². The molecule has 2 amide bonds. The van der Waals surface area contributed by atoms with Gasteiger partial charge in [-0.15, -0.1) is 0 Å². The molecule has 0 aliphatic carbocycles. The molecular formula is C36H40FN5O6. The van der Waals surface area contributed by atoms with Crippen LogP contribution >= 0.6 is 0 Å². The fraction of sp³-hybridized carbons (Fsp3) is 0.361. The number of benzene rings is 3. The number of nitrogens with two attached hydrogens (primary N) is 1. The lowest BCUT2D eigenvalue weighted by Crippen LogP contribution is -2.48. The molecule has 0 spiro atoms. The first-order valence-electron chi connectivity index (χ1n) is 15.6. The average molecular weight is 658 g/mol. The van der Waals surface area contributed by atoms with Crippen LogP contribution in [-0.2, 0) is 38.7 Å². The SMILES string of the molecule is CC(C)(C)OC[C@@H](NC(=O)OC(C)(C)C)C(=O)OCc1ccc(F)cc1-c1ccc2nc(N)nc(C(=O)N3Cc4ccccc4C3)c2c1. The highest BCUT2D eigenvalue weighted by Gasteiger charge is 2.29. The minimum absolute atomic E-state index is 0.0429. The molecule has 11 nitrogen and oxygen atoms in total. The van der Waals surface area contributed by atoms with Crippen LogP contribution in [0.15, 0.2) is 60.7 Å². The third-order valence-electron chi connectivity index (χ3n) is 7.45. The third-order valence-corrected chi connectivity index (χ3v) is 7.45. The van der Waals surface area contributed by atoms with Crippen molar-refractivity contribution in [3.8, 4) is 11.1 Å². The number of amides is 2. The Bertz CT molecular complexity index is 1840. The zero-order chi connectivity index (χ0) is 34.8. The van der Waals surface area contributed by atoms with Gasteiger partial charge in [0.05, 0.1) is 17.7 Å². The van der Waals surface area contributed by atoms with Crippen LogP contribution in [0.5, 0.6) is 0 Å². The number of alkyl carbamates (subject to hydrolysis) is 1. The Kier molecular flexibility index (Phi) is 9.67. The highest BCUT2D eigenvalue weighted by atomic mass is 19.1. The largest absolute Gasteiger partial charge is 0.459 e. The number of carbonyl (C=O) groups is 3.